The summed E-state index contributed by atoms with van der Waals surface area (Å²) in [4.78, 5) is 0. The number of rotatable bonds is 1. The lowest BCUT2D eigenvalue weighted by atomic mass is 9.97. The lowest BCUT2D eigenvalue weighted by Gasteiger charge is -2.26. The Morgan fingerprint density at radius 2 is 1.85 bits per heavy atom. The van der Waals surface area contributed by atoms with Gasteiger partial charge in [0.15, 0.2) is 0 Å². The Morgan fingerprint density at radius 1 is 1.15 bits per heavy atom. The zero-order valence-corrected chi connectivity index (χ0v) is 11.4. The van der Waals surface area contributed by atoms with Gasteiger partial charge in [0.05, 0.1) is 6.04 Å². The van der Waals surface area contributed by atoms with Crippen LogP contribution in [0.25, 0.3) is 0 Å². The maximum Gasteiger partial charge on any atom is 0.383 e. The molecule has 0 fully saturated rings. The molecule has 1 aliphatic rings. The van der Waals surface area contributed by atoms with Crippen LogP contribution in [0.1, 0.15) is 22.7 Å². The molecule has 0 spiro atoms. The smallest absolute Gasteiger partial charge is 0.371 e. The SMILES string of the molecule is Cc1ccc2c(c1)OS(=O)(=O)NC2c1ccc(F)cc1. The summed E-state index contributed by atoms with van der Waals surface area (Å²) in [5.41, 5.74) is 2.26. The summed E-state index contributed by atoms with van der Waals surface area (Å²) in [5, 5.41) is 0. The molecule has 104 valence electrons. The van der Waals surface area contributed by atoms with Gasteiger partial charge in [-0.3, -0.25) is 0 Å². The van der Waals surface area contributed by atoms with E-state index in [0.29, 0.717) is 16.9 Å². The number of fused-ring (bicyclic) bond motifs is 1. The molecule has 4 nitrogen and oxygen atoms in total. The van der Waals surface area contributed by atoms with E-state index in [4.69, 9.17) is 4.18 Å². The fourth-order valence-electron chi connectivity index (χ4n) is 2.21. The zero-order valence-electron chi connectivity index (χ0n) is 10.6. The van der Waals surface area contributed by atoms with Crippen LogP contribution in [0.5, 0.6) is 5.75 Å². The van der Waals surface area contributed by atoms with Crippen molar-refractivity contribution in [2.45, 2.75) is 13.0 Å². The summed E-state index contributed by atoms with van der Waals surface area (Å²) in [6.45, 7) is 1.85. The number of nitrogens with one attached hydrogen (secondary N) is 1. The molecular weight excluding hydrogens is 281 g/mol. The molecule has 3 rings (SSSR count). The molecule has 1 unspecified atom stereocenters. The van der Waals surface area contributed by atoms with Gasteiger partial charge in [-0.15, -0.1) is 0 Å². The molecule has 0 saturated heterocycles. The standard InChI is InChI=1S/C14H12FNO3S/c1-9-2-7-12-13(8-9)19-20(17,18)16-14(12)10-3-5-11(15)6-4-10/h2-8,14,16H,1H3. The normalized spacial score (nSPS) is 20.0. The third kappa shape index (κ3) is 2.39. The third-order valence-corrected chi connectivity index (χ3v) is 4.07. The first-order valence-corrected chi connectivity index (χ1v) is 7.43. The predicted octanol–water partition coefficient (Wildman–Crippen LogP) is 2.45. The minimum Gasteiger partial charge on any atom is -0.371 e. The van der Waals surface area contributed by atoms with Crippen molar-refractivity contribution in [2.24, 2.45) is 0 Å². The number of benzene rings is 2. The van der Waals surface area contributed by atoms with Crippen molar-refractivity contribution < 1.29 is 17.0 Å². The molecule has 1 atom stereocenters. The van der Waals surface area contributed by atoms with E-state index >= 15 is 0 Å². The van der Waals surface area contributed by atoms with Gasteiger partial charge < -0.3 is 4.18 Å². The molecule has 0 bridgehead atoms. The second kappa shape index (κ2) is 4.57. The minimum atomic E-state index is -3.86. The summed E-state index contributed by atoms with van der Waals surface area (Å²) >= 11 is 0. The highest BCUT2D eigenvalue weighted by Gasteiger charge is 2.31. The van der Waals surface area contributed by atoms with E-state index in [1.165, 1.54) is 12.1 Å². The maximum absolute atomic E-state index is 13.0. The fraction of sp³-hybridized carbons (Fsp3) is 0.143. The van der Waals surface area contributed by atoms with Gasteiger partial charge in [-0.2, -0.15) is 13.1 Å². The van der Waals surface area contributed by atoms with Crippen molar-refractivity contribution in [3.05, 3.63) is 65.0 Å². The van der Waals surface area contributed by atoms with Crippen molar-refractivity contribution in [3.63, 3.8) is 0 Å². The van der Waals surface area contributed by atoms with E-state index in [2.05, 4.69) is 4.72 Å². The number of halogens is 1. The van der Waals surface area contributed by atoms with E-state index in [1.807, 2.05) is 13.0 Å². The van der Waals surface area contributed by atoms with E-state index < -0.39 is 16.3 Å². The molecule has 0 aromatic heterocycles. The Kier molecular flexibility index (Phi) is 2.99. The van der Waals surface area contributed by atoms with Gasteiger partial charge >= 0.3 is 10.3 Å². The van der Waals surface area contributed by atoms with Gasteiger partial charge in [0, 0.05) is 5.56 Å². The average molecular weight is 293 g/mol. The van der Waals surface area contributed by atoms with Gasteiger partial charge in [0.1, 0.15) is 11.6 Å². The van der Waals surface area contributed by atoms with Crippen molar-refractivity contribution in [2.75, 3.05) is 0 Å². The highest BCUT2D eigenvalue weighted by molar-refractivity contribution is 7.85. The van der Waals surface area contributed by atoms with Crippen LogP contribution < -0.4 is 8.91 Å². The fourth-order valence-corrected chi connectivity index (χ4v) is 3.19. The summed E-state index contributed by atoms with van der Waals surface area (Å²) in [6.07, 6.45) is 0. The molecule has 1 heterocycles. The zero-order chi connectivity index (χ0) is 14.3. The van der Waals surface area contributed by atoms with E-state index in [1.54, 1.807) is 24.3 Å². The second-order valence-electron chi connectivity index (χ2n) is 4.68. The molecule has 2 aromatic rings. The maximum atomic E-state index is 13.0. The molecule has 1 N–H and O–H groups in total. The molecule has 1 aliphatic heterocycles. The first kappa shape index (κ1) is 13.1. The van der Waals surface area contributed by atoms with Crippen LogP contribution in [0, 0.1) is 12.7 Å². The molecule has 0 aliphatic carbocycles. The van der Waals surface area contributed by atoms with Gasteiger partial charge in [0.2, 0.25) is 0 Å². The van der Waals surface area contributed by atoms with E-state index in [-0.39, 0.29) is 5.82 Å². The van der Waals surface area contributed by atoms with Crippen LogP contribution in [0.15, 0.2) is 42.5 Å². The van der Waals surface area contributed by atoms with Crippen molar-refractivity contribution in [3.8, 4) is 5.75 Å². The second-order valence-corrected chi connectivity index (χ2v) is 5.99. The molecule has 0 amide bonds. The Morgan fingerprint density at radius 3 is 2.55 bits per heavy atom. The molecule has 2 aromatic carbocycles. The molecule has 0 radical (unpaired) electrons. The van der Waals surface area contributed by atoms with Crippen molar-refractivity contribution >= 4 is 10.3 Å². The molecular formula is C14H12FNO3S. The van der Waals surface area contributed by atoms with Gasteiger partial charge in [0.25, 0.3) is 0 Å². The number of hydrogen-bond donors (Lipinski definition) is 1. The van der Waals surface area contributed by atoms with E-state index in [0.717, 1.165) is 5.56 Å². The summed E-state index contributed by atoms with van der Waals surface area (Å²) in [6, 6.07) is 10.5. The molecule has 0 saturated carbocycles. The lowest BCUT2D eigenvalue weighted by Crippen LogP contribution is -2.37. The quantitative estimate of drug-likeness (QED) is 0.878. The van der Waals surface area contributed by atoms with Crippen molar-refractivity contribution in [1.29, 1.82) is 0 Å². The highest BCUT2D eigenvalue weighted by atomic mass is 32.2. The Bertz CT molecular complexity index is 756. The summed E-state index contributed by atoms with van der Waals surface area (Å²) in [5.74, 6) is -0.0640. The third-order valence-electron chi connectivity index (χ3n) is 3.15. The minimum absolute atomic E-state index is 0.304. The van der Waals surface area contributed by atoms with Crippen LogP contribution >= 0.6 is 0 Å². The van der Waals surface area contributed by atoms with Crippen LogP contribution in [0.3, 0.4) is 0 Å². The lowest BCUT2D eigenvalue weighted by molar-refractivity contribution is 0.441. The average Bonchev–Trinajstić information content (AvgIpc) is 2.37. The van der Waals surface area contributed by atoms with Gasteiger partial charge in [-0.05, 0) is 36.2 Å². The van der Waals surface area contributed by atoms with Crippen LogP contribution in [-0.2, 0) is 10.3 Å². The number of aryl methyl sites for hydroxylation is 1. The topological polar surface area (TPSA) is 55.4 Å². The van der Waals surface area contributed by atoms with Crippen molar-refractivity contribution in [1.82, 2.24) is 4.72 Å². The van der Waals surface area contributed by atoms with Crippen LogP contribution in [0.2, 0.25) is 0 Å². The monoisotopic (exact) mass is 293 g/mol. The summed E-state index contributed by atoms with van der Waals surface area (Å²) < 4.78 is 43.9. The Balaban J connectivity index is 2.14. The molecule has 20 heavy (non-hydrogen) atoms. The Hall–Kier alpha value is -1.92. The predicted molar refractivity (Wildman–Crippen MR) is 72.1 cm³/mol. The van der Waals surface area contributed by atoms with Gasteiger partial charge in [-0.1, -0.05) is 24.3 Å². The highest BCUT2D eigenvalue weighted by Crippen LogP contribution is 2.35. The summed E-state index contributed by atoms with van der Waals surface area (Å²) in [7, 11) is -3.86. The number of hydrogen-bond acceptors (Lipinski definition) is 3. The first-order valence-electron chi connectivity index (χ1n) is 6.02. The van der Waals surface area contributed by atoms with Gasteiger partial charge in [-0.25, -0.2) is 4.39 Å². The largest absolute Gasteiger partial charge is 0.383 e. The van der Waals surface area contributed by atoms with E-state index in [9.17, 15) is 12.8 Å². The van der Waals surface area contributed by atoms with Crippen LogP contribution in [0.4, 0.5) is 4.39 Å². The first-order chi connectivity index (χ1) is 9.44. The molecule has 6 heteroatoms. The van der Waals surface area contributed by atoms with Crippen LogP contribution in [-0.4, -0.2) is 8.42 Å². The Labute approximate surface area is 116 Å².